The summed E-state index contributed by atoms with van der Waals surface area (Å²) in [5.74, 6) is -0.806. The quantitative estimate of drug-likeness (QED) is 0.454. The molecule has 0 bridgehead atoms. The van der Waals surface area contributed by atoms with E-state index in [1.165, 1.54) is 4.90 Å². The number of benzene rings is 2. The molecule has 0 saturated carbocycles. The number of amides is 2. The molecule has 0 heterocycles. The van der Waals surface area contributed by atoms with Gasteiger partial charge in [0.15, 0.2) is 0 Å². The first-order valence-corrected chi connectivity index (χ1v) is 13.9. The molecule has 0 aromatic heterocycles. The van der Waals surface area contributed by atoms with E-state index in [0.717, 1.165) is 27.0 Å². The lowest BCUT2D eigenvalue weighted by molar-refractivity contribution is -0.139. The van der Waals surface area contributed by atoms with Crippen molar-refractivity contribution in [2.45, 2.75) is 52.7 Å². The van der Waals surface area contributed by atoms with Crippen molar-refractivity contribution < 1.29 is 18.0 Å². The van der Waals surface area contributed by atoms with Crippen molar-refractivity contribution in [1.29, 1.82) is 0 Å². The molecule has 186 valence electrons. The molecular weight excluding hydrogens is 542 g/mol. The number of nitrogens with one attached hydrogen (secondary N) is 1. The van der Waals surface area contributed by atoms with E-state index in [2.05, 4.69) is 21.2 Å². The molecule has 0 radical (unpaired) electrons. The molecule has 0 aliphatic rings. The number of sulfonamides is 1. The zero-order valence-corrected chi connectivity index (χ0v) is 23.2. The van der Waals surface area contributed by atoms with E-state index in [0.29, 0.717) is 16.3 Å². The van der Waals surface area contributed by atoms with E-state index in [1.54, 1.807) is 32.0 Å². The van der Waals surface area contributed by atoms with Crippen LogP contribution in [0.15, 0.2) is 46.9 Å². The molecular formula is C24H31BrClN3O4S. The molecule has 0 aliphatic carbocycles. The van der Waals surface area contributed by atoms with Gasteiger partial charge in [-0.3, -0.25) is 13.9 Å². The van der Waals surface area contributed by atoms with Crippen LogP contribution in [-0.2, 0) is 26.2 Å². The van der Waals surface area contributed by atoms with Gasteiger partial charge in [-0.1, -0.05) is 52.7 Å². The summed E-state index contributed by atoms with van der Waals surface area (Å²) in [7, 11) is -3.82. The second kappa shape index (κ2) is 12.0. The number of carbonyl (C=O) groups excluding carboxylic acids is 2. The minimum atomic E-state index is -3.82. The molecule has 2 atom stereocenters. The van der Waals surface area contributed by atoms with Gasteiger partial charge in [0, 0.05) is 22.1 Å². The second-order valence-corrected chi connectivity index (χ2v) is 11.5. The largest absolute Gasteiger partial charge is 0.352 e. The third-order valence-corrected chi connectivity index (χ3v) is 7.63. The number of halogens is 2. The molecule has 2 aromatic carbocycles. The maximum atomic E-state index is 13.6. The first-order valence-electron chi connectivity index (χ1n) is 10.9. The summed E-state index contributed by atoms with van der Waals surface area (Å²) >= 11 is 9.64. The van der Waals surface area contributed by atoms with E-state index < -0.39 is 28.5 Å². The summed E-state index contributed by atoms with van der Waals surface area (Å²) in [4.78, 5) is 27.9. The topological polar surface area (TPSA) is 86.8 Å². The van der Waals surface area contributed by atoms with Crippen molar-refractivity contribution in [2.24, 2.45) is 0 Å². The summed E-state index contributed by atoms with van der Waals surface area (Å²) in [5, 5.41) is 3.30. The minimum absolute atomic E-state index is 0.0561. The van der Waals surface area contributed by atoms with Crippen LogP contribution in [0.25, 0.3) is 0 Å². The van der Waals surface area contributed by atoms with Crippen LogP contribution in [0.5, 0.6) is 0 Å². The average molecular weight is 573 g/mol. The molecule has 1 N–H and O–H groups in total. The van der Waals surface area contributed by atoms with Crippen LogP contribution in [0.2, 0.25) is 5.02 Å². The molecule has 0 aliphatic heterocycles. The van der Waals surface area contributed by atoms with Crippen LogP contribution in [-0.4, -0.2) is 50.0 Å². The Hall–Kier alpha value is -2.10. The Morgan fingerprint density at radius 1 is 1.15 bits per heavy atom. The smallest absolute Gasteiger partial charge is 0.244 e. The Morgan fingerprint density at radius 3 is 2.38 bits per heavy atom. The Balaban J connectivity index is 2.43. The van der Waals surface area contributed by atoms with E-state index in [-0.39, 0.29) is 18.5 Å². The number of hydrogen-bond acceptors (Lipinski definition) is 4. The van der Waals surface area contributed by atoms with Gasteiger partial charge in [0.05, 0.1) is 11.9 Å². The lowest BCUT2D eigenvalue weighted by Gasteiger charge is -2.32. The maximum Gasteiger partial charge on any atom is 0.244 e. The lowest BCUT2D eigenvalue weighted by atomic mass is 10.1. The highest BCUT2D eigenvalue weighted by atomic mass is 79.9. The number of nitrogens with zero attached hydrogens (tertiary/aromatic N) is 2. The summed E-state index contributed by atoms with van der Waals surface area (Å²) in [6, 6.07) is 11.4. The highest BCUT2D eigenvalue weighted by Crippen LogP contribution is 2.28. The van der Waals surface area contributed by atoms with Crippen LogP contribution in [0.1, 0.15) is 38.3 Å². The van der Waals surface area contributed by atoms with Gasteiger partial charge in [-0.15, -0.1) is 0 Å². The number of carbonyl (C=O) groups is 2. The minimum Gasteiger partial charge on any atom is -0.352 e. The fourth-order valence-electron chi connectivity index (χ4n) is 3.34. The first kappa shape index (κ1) is 28.1. The van der Waals surface area contributed by atoms with Crippen LogP contribution in [0.4, 0.5) is 5.69 Å². The van der Waals surface area contributed by atoms with E-state index >= 15 is 0 Å². The maximum absolute atomic E-state index is 13.6. The van der Waals surface area contributed by atoms with Crippen LogP contribution >= 0.6 is 27.5 Å². The molecule has 7 nitrogen and oxygen atoms in total. The SMILES string of the molecule is CC[C@@H](C)NC(=O)[C@@H](C)N(Cc1cccc(Br)c1)C(=O)CN(c1cccc(Cl)c1C)S(C)(=O)=O. The van der Waals surface area contributed by atoms with Gasteiger partial charge in [0.1, 0.15) is 12.6 Å². The van der Waals surface area contributed by atoms with Crippen molar-refractivity contribution in [3.05, 3.63) is 63.1 Å². The number of rotatable bonds is 10. The molecule has 0 fully saturated rings. The van der Waals surface area contributed by atoms with E-state index in [4.69, 9.17) is 11.6 Å². The highest BCUT2D eigenvalue weighted by Gasteiger charge is 2.31. The fraction of sp³-hybridized carbons (Fsp3) is 0.417. The number of anilines is 1. The van der Waals surface area contributed by atoms with Crippen molar-refractivity contribution in [3.8, 4) is 0 Å². The van der Waals surface area contributed by atoms with Crippen molar-refractivity contribution in [2.75, 3.05) is 17.1 Å². The normalized spacial score (nSPS) is 13.1. The van der Waals surface area contributed by atoms with Gasteiger partial charge in [0.2, 0.25) is 21.8 Å². The van der Waals surface area contributed by atoms with Gasteiger partial charge in [-0.25, -0.2) is 8.42 Å². The zero-order chi connectivity index (χ0) is 25.6. The molecule has 10 heteroatoms. The Bertz CT molecular complexity index is 1140. The van der Waals surface area contributed by atoms with Crippen LogP contribution in [0.3, 0.4) is 0 Å². The predicted octanol–water partition coefficient (Wildman–Crippen LogP) is 4.51. The predicted molar refractivity (Wildman–Crippen MR) is 140 cm³/mol. The van der Waals surface area contributed by atoms with Gasteiger partial charge in [-0.2, -0.15) is 0 Å². The molecule has 0 unspecified atom stereocenters. The van der Waals surface area contributed by atoms with Crippen molar-refractivity contribution in [1.82, 2.24) is 10.2 Å². The van der Waals surface area contributed by atoms with Crippen LogP contribution in [0, 0.1) is 6.92 Å². The molecule has 2 aromatic rings. The summed E-state index contributed by atoms with van der Waals surface area (Å²) in [5.41, 5.74) is 1.67. The first-order chi connectivity index (χ1) is 15.8. The molecule has 2 rings (SSSR count). The third kappa shape index (κ3) is 7.45. The highest BCUT2D eigenvalue weighted by molar-refractivity contribution is 9.10. The van der Waals surface area contributed by atoms with E-state index in [9.17, 15) is 18.0 Å². The average Bonchev–Trinajstić information content (AvgIpc) is 2.76. The lowest BCUT2D eigenvalue weighted by Crippen LogP contribution is -2.52. The zero-order valence-electron chi connectivity index (χ0n) is 20.0. The summed E-state index contributed by atoms with van der Waals surface area (Å²) in [6.07, 6.45) is 1.78. The molecule has 0 spiro atoms. The second-order valence-electron chi connectivity index (χ2n) is 8.30. The molecule has 0 saturated heterocycles. The molecule has 2 amide bonds. The number of hydrogen-bond donors (Lipinski definition) is 1. The van der Waals surface area contributed by atoms with Gasteiger partial charge >= 0.3 is 0 Å². The Kier molecular flexibility index (Phi) is 9.96. The van der Waals surface area contributed by atoms with Crippen LogP contribution < -0.4 is 9.62 Å². The van der Waals surface area contributed by atoms with E-state index in [1.807, 2.05) is 38.1 Å². The Morgan fingerprint density at radius 2 is 1.79 bits per heavy atom. The van der Waals surface area contributed by atoms with Gasteiger partial charge in [0.25, 0.3) is 0 Å². The van der Waals surface area contributed by atoms with Crippen molar-refractivity contribution in [3.63, 3.8) is 0 Å². The summed E-state index contributed by atoms with van der Waals surface area (Å²) < 4.78 is 27.2. The van der Waals surface area contributed by atoms with Crippen molar-refractivity contribution >= 4 is 55.1 Å². The fourth-order valence-corrected chi connectivity index (χ4v) is 4.86. The molecule has 34 heavy (non-hydrogen) atoms. The third-order valence-electron chi connectivity index (χ3n) is 5.60. The van der Waals surface area contributed by atoms with Gasteiger partial charge in [-0.05, 0) is 62.6 Å². The van der Waals surface area contributed by atoms with Gasteiger partial charge < -0.3 is 10.2 Å². The monoisotopic (exact) mass is 571 g/mol. The standard InChI is InChI=1S/C24H31BrClN3O4S/c1-6-16(2)27-24(31)18(4)28(14-19-9-7-10-20(25)13-19)23(30)15-29(34(5,32)33)22-12-8-11-21(26)17(22)3/h7-13,16,18H,6,14-15H2,1-5H3,(H,27,31)/t16-,18-/m1/s1. The summed E-state index contributed by atoms with van der Waals surface area (Å²) in [6.45, 7) is 6.86. The Labute approximate surface area is 215 Å².